The summed E-state index contributed by atoms with van der Waals surface area (Å²) in [6, 6.07) is 26.8. The molecule has 0 amide bonds. The van der Waals surface area contributed by atoms with E-state index in [2.05, 4.69) is 82.9 Å². The Labute approximate surface area is 291 Å². The molecular weight excluding hydrogens is 637 g/mol. The molecule has 1 unspecified atom stereocenters. The highest BCUT2D eigenvalue weighted by atomic mass is 15.4. The number of rotatable bonds is 6. The Kier molecular flexibility index (Phi) is 6.69. The largest absolute Gasteiger partial charge is 0.343 e. The molecule has 12 heteroatoms. The third kappa shape index (κ3) is 4.83. The predicted octanol–water partition coefficient (Wildman–Crippen LogP) is 7.53. The molecule has 2 aliphatic rings. The van der Waals surface area contributed by atoms with E-state index in [4.69, 9.17) is 24.9 Å². The molecule has 0 fully saturated rings. The van der Waals surface area contributed by atoms with Crippen LogP contribution in [0.15, 0.2) is 134 Å². The lowest BCUT2D eigenvalue weighted by molar-refractivity contribution is 0.819. The Hall–Kier alpha value is -7.08. The van der Waals surface area contributed by atoms with Crippen LogP contribution < -0.4 is 10.2 Å². The molecule has 1 aliphatic carbocycles. The second-order valence-corrected chi connectivity index (χ2v) is 12.2. The summed E-state index contributed by atoms with van der Waals surface area (Å²) in [5.41, 5.74) is 8.03. The number of imidazole rings is 2. The molecule has 0 bridgehead atoms. The molecule has 3 aromatic carbocycles. The van der Waals surface area contributed by atoms with Gasteiger partial charge in [0.05, 0.1) is 0 Å². The fourth-order valence-corrected chi connectivity index (χ4v) is 6.93. The van der Waals surface area contributed by atoms with Crippen molar-refractivity contribution in [3.8, 4) is 28.5 Å². The maximum atomic E-state index is 5.10. The maximum absolute atomic E-state index is 5.10. The third-order valence-corrected chi connectivity index (χ3v) is 9.10. The van der Waals surface area contributed by atoms with Crippen molar-refractivity contribution in [2.45, 2.75) is 19.0 Å². The second-order valence-electron chi connectivity index (χ2n) is 12.2. The highest BCUT2D eigenvalue weighted by molar-refractivity contribution is 5.85. The van der Waals surface area contributed by atoms with Gasteiger partial charge in [-0.05, 0) is 66.9 Å². The summed E-state index contributed by atoms with van der Waals surface area (Å²) < 4.78 is 4.15. The van der Waals surface area contributed by atoms with Crippen molar-refractivity contribution in [2.75, 3.05) is 10.2 Å². The van der Waals surface area contributed by atoms with Gasteiger partial charge in [0.1, 0.15) is 17.8 Å². The van der Waals surface area contributed by atoms with Gasteiger partial charge in [0.2, 0.25) is 0 Å². The fourth-order valence-electron chi connectivity index (χ4n) is 6.93. The lowest BCUT2D eigenvalue weighted by Crippen LogP contribution is -2.24. The second kappa shape index (κ2) is 11.8. The first-order chi connectivity index (χ1) is 25.3. The summed E-state index contributed by atoms with van der Waals surface area (Å²) in [6.07, 6.45) is 18.2. The molecule has 10 rings (SSSR count). The number of allylic oxidation sites excluding steroid dienone is 4. The molecule has 1 aliphatic heterocycles. The van der Waals surface area contributed by atoms with Crippen LogP contribution in [0.4, 0.5) is 17.3 Å². The van der Waals surface area contributed by atoms with Crippen molar-refractivity contribution < 1.29 is 0 Å². The van der Waals surface area contributed by atoms with Gasteiger partial charge in [0.25, 0.3) is 0 Å². The van der Waals surface area contributed by atoms with Crippen LogP contribution in [0.2, 0.25) is 0 Å². The van der Waals surface area contributed by atoms with E-state index >= 15 is 0 Å². The summed E-state index contributed by atoms with van der Waals surface area (Å²) in [6.45, 7) is 0. The normalized spacial score (nSPS) is 15.3. The lowest BCUT2D eigenvalue weighted by atomic mass is 10.0. The number of anilines is 3. The van der Waals surface area contributed by atoms with Gasteiger partial charge in [0.15, 0.2) is 34.2 Å². The standard InChI is InChI=1S/C39H28N12/c1-4-10-28(11-5-1)49-34(46-31-37(49)43-19-16-40-31)25-22-26(35-47-32-38(44-20-17-41-32)50(35)29-12-6-2-7-13-29)24-27(23-25)36-48-33-39(45-21-18-42-33)51(36)30-14-8-3-9-15-30/h1-2,4-8,10-24,34H,3,9H2,(H,40,46). The molecule has 6 heterocycles. The van der Waals surface area contributed by atoms with E-state index in [9.17, 15) is 0 Å². The SMILES string of the molecule is C1=CC(n2c(-c3cc(-c4nc5nccnc5n4-c4ccccc4)cc(C4Nc5nccnc5N4c4ccccc4)c3)nc3nccnc32)=CCC1. The van der Waals surface area contributed by atoms with Gasteiger partial charge >= 0.3 is 0 Å². The fraction of sp³-hybridized carbons (Fsp3) is 0.0769. The summed E-state index contributed by atoms with van der Waals surface area (Å²) in [4.78, 5) is 40.5. The first-order valence-electron chi connectivity index (χ1n) is 16.7. The molecule has 8 aromatic rings. The Morgan fingerprint density at radius 3 is 1.88 bits per heavy atom. The number of nitrogens with zero attached hydrogens (tertiary/aromatic N) is 11. The molecule has 0 saturated carbocycles. The number of para-hydroxylation sites is 2. The van der Waals surface area contributed by atoms with Crippen LogP contribution in [-0.4, -0.2) is 49.0 Å². The Morgan fingerprint density at radius 1 is 0.588 bits per heavy atom. The average Bonchev–Trinajstić information content (AvgIpc) is 3.91. The van der Waals surface area contributed by atoms with Gasteiger partial charge in [-0.1, -0.05) is 48.6 Å². The third-order valence-electron chi connectivity index (χ3n) is 9.10. The van der Waals surface area contributed by atoms with Crippen LogP contribution >= 0.6 is 0 Å². The Balaban J connectivity index is 1.26. The summed E-state index contributed by atoms with van der Waals surface area (Å²) in [5.74, 6) is 2.85. The smallest absolute Gasteiger partial charge is 0.198 e. The summed E-state index contributed by atoms with van der Waals surface area (Å²) in [5, 5.41) is 3.66. The number of hydrogen-bond donors (Lipinski definition) is 1. The minimum absolute atomic E-state index is 0.364. The van der Waals surface area contributed by atoms with Gasteiger partial charge in [-0.15, -0.1) is 0 Å². The molecule has 1 atom stereocenters. The first kappa shape index (κ1) is 28.9. The number of hydrogen-bond acceptors (Lipinski definition) is 10. The van der Waals surface area contributed by atoms with Crippen LogP contribution in [0.1, 0.15) is 24.6 Å². The molecule has 1 N–H and O–H groups in total. The molecule has 12 nitrogen and oxygen atoms in total. The van der Waals surface area contributed by atoms with E-state index in [-0.39, 0.29) is 6.17 Å². The highest BCUT2D eigenvalue weighted by Crippen LogP contribution is 2.45. The zero-order chi connectivity index (χ0) is 33.7. The summed E-state index contributed by atoms with van der Waals surface area (Å²) >= 11 is 0. The van der Waals surface area contributed by atoms with Gasteiger partial charge in [-0.2, -0.15) is 0 Å². The number of fused-ring (bicyclic) bond motifs is 3. The van der Waals surface area contributed by atoms with Crippen LogP contribution in [-0.2, 0) is 0 Å². The van der Waals surface area contributed by atoms with Crippen molar-refractivity contribution >= 4 is 45.6 Å². The van der Waals surface area contributed by atoms with Gasteiger partial charge < -0.3 is 5.32 Å². The van der Waals surface area contributed by atoms with Gasteiger partial charge in [-0.25, -0.2) is 39.9 Å². The molecule has 51 heavy (non-hydrogen) atoms. The molecular formula is C39H28N12. The number of aromatic nitrogens is 10. The number of benzene rings is 3. The van der Waals surface area contributed by atoms with Gasteiger partial charge in [-0.3, -0.25) is 14.0 Å². The van der Waals surface area contributed by atoms with E-state index in [1.807, 2.05) is 48.5 Å². The van der Waals surface area contributed by atoms with Crippen LogP contribution in [0.5, 0.6) is 0 Å². The molecule has 5 aromatic heterocycles. The molecule has 244 valence electrons. The molecule has 0 spiro atoms. The minimum atomic E-state index is -0.364. The topological polar surface area (TPSA) is 128 Å². The predicted molar refractivity (Wildman–Crippen MR) is 196 cm³/mol. The van der Waals surface area contributed by atoms with Crippen molar-refractivity contribution in [3.05, 3.63) is 140 Å². The molecule has 0 saturated heterocycles. The van der Waals surface area contributed by atoms with E-state index in [0.717, 1.165) is 52.4 Å². The van der Waals surface area contributed by atoms with Crippen LogP contribution in [0.3, 0.4) is 0 Å². The van der Waals surface area contributed by atoms with Gasteiger partial charge in [0, 0.05) is 65.4 Å². The Morgan fingerprint density at radius 2 is 1.20 bits per heavy atom. The zero-order valence-electron chi connectivity index (χ0n) is 27.1. The maximum Gasteiger partial charge on any atom is 0.198 e. The van der Waals surface area contributed by atoms with E-state index in [1.54, 1.807) is 37.2 Å². The van der Waals surface area contributed by atoms with Crippen molar-refractivity contribution in [2.24, 2.45) is 0 Å². The zero-order valence-corrected chi connectivity index (χ0v) is 27.1. The minimum Gasteiger partial charge on any atom is -0.343 e. The van der Waals surface area contributed by atoms with Crippen LogP contribution in [0.25, 0.3) is 56.7 Å². The monoisotopic (exact) mass is 664 g/mol. The highest BCUT2D eigenvalue weighted by Gasteiger charge is 2.34. The van der Waals surface area contributed by atoms with Crippen LogP contribution in [0, 0.1) is 0 Å². The average molecular weight is 665 g/mol. The van der Waals surface area contributed by atoms with E-state index in [0.29, 0.717) is 40.1 Å². The number of nitrogens with one attached hydrogen (secondary N) is 1. The lowest BCUT2D eigenvalue weighted by Gasteiger charge is -2.27. The quantitative estimate of drug-likeness (QED) is 0.190. The first-order valence-corrected chi connectivity index (χ1v) is 16.7. The van der Waals surface area contributed by atoms with E-state index < -0.39 is 0 Å². The van der Waals surface area contributed by atoms with Crippen molar-refractivity contribution in [3.63, 3.8) is 0 Å². The summed E-state index contributed by atoms with van der Waals surface area (Å²) in [7, 11) is 0. The van der Waals surface area contributed by atoms with E-state index in [1.165, 1.54) is 0 Å². The van der Waals surface area contributed by atoms with Crippen molar-refractivity contribution in [1.29, 1.82) is 0 Å². The Bertz CT molecular complexity index is 2640. The van der Waals surface area contributed by atoms with Crippen molar-refractivity contribution in [1.82, 2.24) is 49.0 Å². The molecule has 0 radical (unpaired) electrons.